The molecule has 1 aliphatic heterocycles. The normalized spacial score (nSPS) is 13.9. The first-order chi connectivity index (χ1) is 13.8. The van der Waals surface area contributed by atoms with Crippen LogP contribution >= 0.6 is 0 Å². The largest absolute Gasteiger partial charge is 0.329 e. The quantitative estimate of drug-likeness (QED) is 0.586. The molecule has 2 aromatic rings. The SMILES string of the molecule is O=C(CCN1C(=O)CNC1=O)Nc1ccc(NS(=O)(=O)c2ccccc2F)cc1. The Morgan fingerprint density at radius 2 is 1.72 bits per heavy atom. The molecular weight excluding hydrogens is 403 g/mol. The molecule has 0 radical (unpaired) electrons. The number of anilines is 2. The number of carbonyl (C=O) groups is 3. The number of sulfonamides is 1. The predicted octanol–water partition coefficient (Wildman–Crippen LogP) is 1.51. The minimum Gasteiger partial charge on any atom is -0.329 e. The predicted molar refractivity (Wildman–Crippen MR) is 102 cm³/mol. The highest BCUT2D eigenvalue weighted by Gasteiger charge is 2.28. The highest BCUT2D eigenvalue weighted by molar-refractivity contribution is 7.92. The van der Waals surface area contributed by atoms with Crippen molar-refractivity contribution in [3.8, 4) is 0 Å². The van der Waals surface area contributed by atoms with Crippen molar-refractivity contribution in [1.29, 1.82) is 0 Å². The van der Waals surface area contributed by atoms with Crippen molar-refractivity contribution in [2.45, 2.75) is 11.3 Å². The molecule has 3 rings (SSSR count). The van der Waals surface area contributed by atoms with Crippen LogP contribution in [0, 0.1) is 5.82 Å². The molecular formula is C18H17FN4O5S. The van der Waals surface area contributed by atoms with Crippen LogP contribution in [0.5, 0.6) is 0 Å². The topological polar surface area (TPSA) is 125 Å². The molecule has 0 saturated carbocycles. The standard InChI is InChI=1S/C18H17FN4O5S/c19-14-3-1-2-4-15(14)29(27,28)22-13-7-5-12(6-8-13)21-16(24)9-10-23-17(25)11-20-18(23)26/h1-8,22H,9-11H2,(H,20,26)(H,21,24). The first-order valence-corrected chi connectivity index (χ1v) is 10.00. The van der Waals surface area contributed by atoms with Gasteiger partial charge in [0.25, 0.3) is 10.0 Å². The second kappa shape index (κ2) is 8.27. The maximum atomic E-state index is 13.7. The van der Waals surface area contributed by atoms with Gasteiger partial charge in [0.2, 0.25) is 11.8 Å². The number of nitrogens with one attached hydrogen (secondary N) is 3. The number of hydrogen-bond acceptors (Lipinski definition) is 5. The molecule has 1 aliphatic rings. The summed E-state index contributed by atoms with van der Waals surface area (Å²) in [6, 6.07) is 10.2. The Hall–Kier alpha value is -3.47. The second-order valence-electron chi connectivity index (χ2n) is 6.12. The maximum absolute atomic E-state index is 13.7. The molecule has 0 aromatic heterocycles. The number of halogens is 1. The van der Waals surface area contributed by atoms with Gasteiger partial charge in [0.15, 0.2) is 0 Å². The molecule has 29 heavy (non-hydrogen) atoms. The third-order valence-corrected chi connectivity index (χ3v) is 5.46. The molecule has 0 bridgehead atoms. The lowest BCUT2D eigenvalue weighted by Gasteiger charge is -2.12. The number of benzene rings is 2. The van der Waals surface area contributed by atoms with E-state index in [0.29, 0.717) is 5.69 Å². The highest BCUT2D eigenvalue weighted by atomic mass is 32.2. The van der Waals surface area contributed by atoms with E-state index in [0.717, 1.165) is 17.0 Å². The van der Waals surface area contributed by atoms with Crippen LogP contribution in [0.25, 0.3) is 0 Å². The summed E-state index contributed by atoms with van der Waals surface area (Å²) in [5.41, 5.74) is 0.576. The van der Waals surface area contributed by atoms with Gasteiger partial charge in [0, 0.05) is 24.3 Å². The average Bonchev–Trinajstić information content (AvgIpc) is 2.99. The zero-order chi connectivity index (χ0) is 21.0. The molecule has 2 aromatic carbocycles. The molecule has 152 valence electrons. The average molecular weight is 420 g/mol. The molecule has 0 unspecified atom stereocenters. The summed E-state index contributed by atoms with van der Waals surface area (Å²) in [6.07, 6.45) is -0.0825. The van der Waals surface area contributed by atoms with E-state index >= 15 is 0 Å². The Bertz CT molecular complexity index is 1040. The summed E-state index contributed by atoms with van der Waals surface area (Å²) in [4.78, 5) is 35.3. The van der Waals surface area contributed by atoms with E-state index in [1.807, 2.05) is 0 Å². The Kier molecular flexibility index (Phi) is 5.78. The van der Waals surface area contributed by atoms with Gasteiger partial charge in [-0.2, -0.15) is 0 Å². The Morgan fingerprint density at radius 3 is 2.34 bits per heavy atom. The summed E-state index contributed by atoms with van der Waals surface area (Å²) in [7, 11) is -4.10. The molecule has 0 aliphatic carbocycles. The van der Waals surface area contributed by atoms with Crippen molar-refractivity contribution < 1.29 is 27.2 Å². The monoisotopic (exact) mass is 420 g/mol. The number of nitrogens with zero attached hydrogens (tertiary/aromatic N) is 1. The lowest BCUT2D eigenvalue weighted by Crippen LogP contribution is -2.33. The number of carbonyl (C=O) groups excluding carboxylic acids is 3. The number of amides is 4. The van der Waals surface area contributed by atoms with Crippen LogP contribution in [0.4, 0.5) is 20.6 Å². The first kappa shape index (κ1) is 20.3. The van der Waals surface area contributed by atoms with E-state index in [2.05, 4.69) is 15.4 Å². The third kappa shape index (κ3) is 4.88. The summed E-state index contributed by atoms with van der Waals surface area (Å²) in [6.45, 7) is -0.123. The molecule has 3 N–H and O–H groups in total. The van der Waals surface area contributed by atoms with Crippen LogP contribution in [0.2, 0.25) is 0 Å². The fourth-order valence-corrected chi connectivity index (χ4v) is 3.75. The van der Waals surface area contributed by atoms with Crippen LogP contribution in [0.3, 0.4) is 0 Å². The zero-order valence-corrected chi connectivity index (χ0v) is 15.8. The summed E-state index contributed by atoms with van der Waals surface area (Å²) in [5, 5.41) is 4.94. The number of imide groups is 1. The van der Waals surface area contributed by atoms with Crippen LogP contribution in [0.15, 0.2) is 53.4 Å². The molecule has 4 amide bonds. The molecule has 1 heterocycles. The zero-order valence-electron chi connectivity index (χ0n) is 15.0. The van der Waals surface area contributed by atoms with Gasteiger partial charge in [0.1, 0.15) is 10.7 Å². The van der Waals surface area contributed by atoms with Crippen LogP contribution in [-0.2, 0) is 19.6 Å². The number of rotatable bonds is 7. The van der Waals surface area contributed by atoms with Crippen molar-refractivity contribution >= 4 is 39.2 Å². The number of urea groups is 1. The first-order valence-electron chi connectivity index (χ1n) is 8.52. The van der Waals surface area contributed by atoms with Gasteiger partial charge in [-0.05, 0) is 36.4 Å². The molecule has 0 spiro atoms. The highest BCUT2D eigenvalue weighted by Crippen LogP contribution is 2.20. The van der Waals surface area contributed by atoms with Gasteiger partial charge in [-0.25, -0.2) is 17.6 Å². The van der Waals surface area contributed by atoms with Crippen molar-refractivity contribution in [3.63, 3.8) is 0 Å². The van der Waals surface area contributed by atoms with Crippen molar-refractivity contribution in [2.75, 3.05) is 23.1 Å². The molecule has 1 saturated heterocycles. The molecule has 1 fully saturated rings. The van der Waals surface area contributed by atoms with Crippen LogP contribution < -0.4 is 15.4 Å². The van der Waals surface area contributed by atoms with Crippen molar-refractivity contribution in [1.82, 2.24) is 10.2 Å². The smallest absolute Gasteiger partial charge is 0.324 e. The van der Waals surface area contributed by atoms with Crippen LogP contribution in [0.1, 0.15) is 6.42 Å². The lowest BCUT2D eigenvalue weighted by molar-refractivity contribution is -0.125. The third-order valence-electron chi connectivity index (χ3n) is 4.05. The fraction of sp³-hybridized carbons (Fsp3) is 0.167. The van der Waals surface area contributed by atoms with Crippen LogP contribution in [-0.4, -0.2) is 44.3 Å². The minimum atomic E-state index is -4.10. The van der Waals surface area contributed by atoms with Gasteiger partial charge < -0.3 is 10.6 Å². The van der Waals surface area contributed by atoms with Gasteiger partial charge in [-0.15, -0.1) is 0 Å². The fourth-order valence-electron chi connectivity index (χ4n) is 2.61. The Labute approximate surface area is 165 Å². The maximum Gasteiger partial charge on any atom is 0.324 e. The van der Waals surface area contributed by atoms with E-state index in [-0.39, 0.29) is 25.2 Å². The van der Waals surface area contributed by atoms with Crippen molar-refractivity contribution in [2.24, 2.45) is 0 Å². The van der Waals surface area contributed by atoms with E-state index < -0.39 is 38.6 Å². The summed E-state index contributed by atoms with van der Waals surface area (Å²) in [5.74, 6) is -1.68. The summed E-state index contributed by atoms with van der Waals surface area (Å²) >= 11 is 0. The van der Waals surface area contributed by atoms with Gasteiger partial charge in [0.05, 0.1) is 6.54 Å². The minimum absolute atomic E-state index is 0.0446. The van der Waals surface area contributed by atoms with Gasteiger partial charge >= 0.3 is 6.03 Å². The lowest BCUT2D eigenvalue weighted by atomic mass is 10.2. The Morgan fingerprint density at radius 1 is 1.07 bits per heavy atom. The number of hydrogen-bond donors (Lipinski definition) is 3. The summed E-state index contributed by atoms with van der Waals surface area (Å²) < 4.78 is 40.5. The van der Waals surface area contributed by atoms with E-state index in [1.165, 1.54) is 36.4 Å². The molecule has 9 nitrogen and oxygen atoms in total. The van der Waals surface area contributed by atoms with E-state index in [1.54, 1.807) is 0 Å². The molecule has 0 atom stereocenters. The van der Waals surface area contributed by atoms with Gasteiger partial charge in [-0.3, -0.25) is 19.2 Å². The Balaban J connectivity index is 1.57. The van der Waals surface area contributed by atoms with Gasteiger partial charge in [-0.1, -0.05) is 12.1 Å². The van der Waals surface area contributed by atoms with E-state index in [9.17, 15) is 27.2 Å². The second-order valence-corrected chi connectivity index (χ2v) is 7.77. The van der Waals surface area contributed by atoms with Crippen molar-refractivity contribution in [3.05, 3.63) is 54.3 Å². The molecule has 11 heteroatoms. The van der Waals surface area contributed by atoms with E-state index in [4.69, 9.17) is 0 Å².